The van der Waals surface area contributed by atoms with E-state index >= 15 is 0 Å². The molecule has 1 unspecified atom stereocenters. The van der Waals surface area contributed by atoms with E-state index in [1.165, 1.54) is 12.2 Å². The highest BCUT2D eigenvalue weighted by atomic mass is 19.4. The fraction of sp³-hybridized carbons (Fsp3) is 0.263. The lowest BCUT2D eigenvalue weighted by Gasteiger charge is -2.35. The van der Waals surface area contributed by atoms with Gasteiger partial charge in [0.2, 0.25) is 0 Å². The number of benzene rings is 2. The lowest BCUT2D eigenvalue weighted by molar-refractivity contribution is -0.219. The Hall–Kier alpha value is -3.08. The molecule has 0 aliphatic carbocycles. The number of rotatable bonds is 7. The first-order valence-corrected chi connectivity index (χ1v) is 8.51. The van der Waals surface area contributed by atoms with Crippen LogP contribution < -0.4 is 10.6 Å². The van der Waals surface area contributed by atoms with Crippen molar-refractivity contribution in [2.45, 2.75) is 25.3 Å². The Bertz CT molecular complexity index is 897. The Morgan fingerprint density at radius 1 is 0.967 bits per heavy atom. The highest BCUT2D eigenvalue weighted by Gasteiger charge is 2.63. The predicted octanol–water partition coefficient (Wildman–Crippen LogP) is 3.45. The third-order valence-electron chi connectivity index (χ3n) is 3.97. The van der Waals surface area contributed by atoms with Gasteiger partial charge in [0.05, 0.1) is 6.61 Å². The van der Waals surface area contributed by atoms with Crippen LogP contribution in [0.2, 0.25) is 0 Å². The van der Waals surface area contributed by atoms with Crippen molar-refractivity contribution >= 4 is 11.9 Å². The quantitative estimate of drug-likeness (QED) is 0.398. The fourth-order valence-corrected chi connectivity index (χ4v) is 2.48. The predicted molar refractivity (Wildman–Crippen MR) is 92.5 cm³/mol. The minimum Gasteiger partial charge on any atom is -0.463 e. The molecule has 1 atom stereocenters. The molecule has 0 fully saturated rings. The molecule has 5 nitrogen and oxygen atoms in total. The molecular weight excluding hydrogens is 418 g/mol. The number of amides is 1. The van der Waals surface area contributed by atoms with Gasteiger partial charge in [-0.25, -0.2) is 18.0 Å². The van der Waals surface area contributed by atoms with Gasteiger partial charge in [0.15, 0.2) is 0 Å². The molecule has 2 aromatic rings. The number of ether oxygens (including phenoxy) is 1. The summed E-state index contributed by atoms with van der Waals surface area (Å²) in [6, 6.07) is 6.50. The van der Waals surface area contributed by atoms with Crippen molar-refractivity contribution in [2.75, 3.05) is 6.61 Å². The van der Waals surface area contributed by atoms with Gasteiger partial charge in [0.1, 0.15) is 23.0 Å². The summed E-state index contributed by atoms with van der Waals surface area (Å²) in [7, 11) is 0. The number of alkyl halides is 3. The van der Waals surface area contributed by atoms with E-state index in [0.717, 1.165) is 30.3 Å². The number of esters is 1. The summed E-state index contributed by atoms with van der Waals surface area (Å²) in [5.41, 5.74) is -5.01. The van der Waals surface area contributed by atoms with E-state index in [-0.39, 0.29) is 5.56 Å². The molecule has 2 rings (SSSR count). The molecule has 1 amide bonds. The van der Waals surface area contributed by atoms with Crippen LogP contribution in [0.4, 0.5) is 26.3 Å². The monoisotopic (exact) mass is 434 g/mol. The summed E-state index contributed by atoms with van der Waals surface area (Å²) in [4.78, 5) is 24.6. The third kappa shape index (κ3) is 4.90. The van der Waals surface area contributed by atoms with Gasteiger partial charge in [-0.05, 0) is 36.8 Å². The van der Waals surface area contributed by atoms with Crippen molar-refractivity contribution in [3.05, 3.63) is 71.0 Å². The summed E-state index contributed by atoms with van der Waals surface area (Å²) in [5, 5.41) is 3.17. The van der Waals surface area contributed by atoms with Crippen LogP contribution in [0.1, 0.15) is 22.8 Å². The molecule has 0 spiro atoms. The van der Waals surface area contributed by atoms with E-state index in [1.807, 2.05) is 5.32 Å². The van der Waals surface area contributed by atoms with Crippen LogP contribution in [0, 0.1) is 17.5 Å². The molecule has 0 heterocycles. The van der Waals surface area contributed by atoms with E-state index < -0.39 is 59.9 Å². The minimum atomic E-state index is -5.48. The van der Waals surface area contributed by atoms with Crippen molar-refractivity contribution in [3.8, 4) is 0 Å². The van der Waals surface area contributed by atoms with Crippen LogP contribution in [0.15, 0.2) is 42.5 Å². The van der Waals surface area contributed by atoms with Gasteiger partial charge in [-0.15, -0.1) is 0 Å². The lowest BCUT2D eigenvalue weighted by Crippen LogP contribution is -2.72. The molecule has 0 aliphatic rings. The molecule has 0 aliphatic heterocycles. The Morgan fingerprint density at radius 3 is 2.03 bits per heavy atom. The molecule has 30 heavy (non-hydrogen) atoms. The molecule has 0 aromatic heterocycles. The first-order valence-electron chi connectivity index (χ1n) is 8.51. The Morgan fingerprint density at radius 2 is 1.53 bits per heavy atom. The molecule has 0 radical (unpaired) electrons. The Labute approximate surface area is 167 Å². The highest BCUT2D eigenvalue weighted by Crippen LogP contribution is 2.31. The molecule has 0 saturated heterocycles. The number of nitrogens with one attached hydrogen (secondary N) is 2. The van der Waals surface area contributed by atoms with Crippen molar-refractivity contribution < 1.29 is 40.7 Å². The maximum absolute atomic E-state index is 14.0. The third-order valence-corrected chi connectivity index (χ3v) is 3.97. The minimum absolute atomic E-state index is 0.126. The van der Waals surface area contributed by atoms with E-state index in [9.17, 15) is 35.9 Å². The largest absolute Gasteiger partial charge is 0.463 e. The summed E-state index contributed by atoms with van der Waals surface area (Å²) < 4.78 is 87.1. The second-order valence-electron chi connectivity index (χ2n) is 6.00. The van der Waals surface area contributed by atoms with Crippen LogP contribution in [-0.4, -0.2) is 30.3 Å². The normalized spacial score (nSPS) is 13.4. The zero-order chi connectivity index (χ0) is 22.5. The SMILES string of the molecule is CCOC(=O)C(NCc1ccc(F)cc1)(NC(=O)c1c(F)cccc1F)C(F)(F)F. The number of halogens is 6. The average Bonchev–Trinajstić information content (AvgIpc) is 2.65. The molecule has 11 heteroatoms. The van der Waals surface area contributed by atoms with Gasteiger partial charge >= 0.3 is 12.1 Å². The fourth-order valence-electron chi connectivity index (χ4n) is 2.48. The van der Waals surface area contributed by atoms with Gasteiger partial charge in [-0.3, -0.25) is 10.1 Å². The van der Waals surface area contributed by atoms with E-state index in [0.29, 0.717) is 12.1 Å². The maximum atomic E-state index is 14.0. The van der Waals surface area contributed by atoms with Gasteiger partial charge in [0.25, 0.3) is 11.6 Å². The van der Waals surface area contributed by atoms with E-state index in [1.54, 1.807) is 0 Å². The molecule has 2 aromatic carbocycles. The molecule has 0 saturated carbocycles. The van der Waals surface area contributed by atoms with Crippen LogP contribution in [0.5, 0.6) is 0 Å². The van der Waals surface area contributed by atoms with Gasteiger partial charge < -0.3 is 10.1 Å². The van der Waals surface area contributed by atoms with Crippen LogP contribution in [0.25, 0.3) is 0 Å². The zero-order valence-corrected chi connectivity index (χ0v) is 15.4. The van der Waals surface area contributed by atoms with E-state index in [4.69, 9.17) is 0 Å². The topological polar surface area (TPSA) is 67.4 Å². The smallest absolute Gasteiger partial charge is 0.436 e. The number of hydrogen-bond acceptors (Lipinski definition) is 4. The lowest BCUT2D eigenvalue weighted by atomic mass is 10.1. The number of hydrogen-bond donors (Lipinski definition) is 2. The summed E-state index contributed by atoms with van der Waals surface area (Å²) >= 11 is 0. The first kappa shape index (κ1) is 23.2. The summed E-state index contributed by atoms with van der Waals surface area (Å²) in [5.74, 6) is -7.27. The molecule has 162 valence electrons. The van der Waals surface area contributed by atoms with Crippen LogP contribution >= 0.6 is 0 Å². The van der Waals surface area contributed by atoms with Crippen LogP contribution in [-0.2, 0) is 16.1 Å². The van der Waals surface area contributed by atoms with Gasteiger partial charge in [0, 0.05) is 6.54 Å². The van der Waals surface area contributed by atoms with Crippen LogP contribution in [0.3, 0.4) is 0 Å². The molecule has 2 N–H and O–H groups in total. The number of carbonyl (C=O) groups excluding carboxylic acids is 2. The Balaban J connectivity index is 2.46. The zero-order valence-electron chi connectivity index (χ0n) is 15.4. The van der Waals surface area contributed by atoms with Gasteiger partial charge in [-0.2, -0.15) is 13.2 Å². The van der Waals surface area contributed by atoms with Crippen molar-refractivity contribution in [1.82, 2.24) is 10.6 Å². The summed E-state index contributed by atoms with van der Waals surface area (Å²) in [6.45, 7) is 0.0921. The highest BCUT2D eigenvalue weighted by molar-refractivity contribution is 5.98. The standard InChI is InChI=1S/C19H16F6N2O3/c1-2-30-17(29)18(19(23,24)25,26-10-11-6-8-12(20)9-7-11)27-16(28)15-13(21)4-3-5-14(15)22/h3-9,26H,2,10H2,1H3,(H,27,28). The summed E-state index contributed by atoms with van der Waals surface area (Å²) in [6.07, 6.45) is -5.48. The van der Waals surface area contributed by atoms with E-state index in [2.05, 4.69) is 4.74 Å². The molecule has 0 bridgehead atoms. The van der Waals surface area contributed by atoms with Crippen molar-refractivity contribution in [1.29, 1.82) is 0 Å². The Kier molecular flexibility index (Phi) is 7.08. The second kappa shape index (κ2) is 9.16. The van der Waals surface area contributed by atoms with Crippen molar-refractivity contribution in [2.24, 2.45) is 0 Å². The second-order valence-corrected chi connectivity index (χ2v) is 6.00. The molecular formula is C19H16F6N2O3. The average molecular weight is 434 g/mol. The number of carbonyl (C=O) groups is 2. The maximum Gasteiger partial charge on any atom is 0.436 e. The van der Waals surface area contributed by atoms with Crippen molar-refractivity contribution in [3.63, 3.8) is 0 Å². The first-order chi connectivity index (χ1) is 14.0. The van der Waals surface area contributed by atoms with Gasteiger partial charge in [-0.1, -0.05) is 18.2 Å².